The molecule has 1 aromatic heterocycles. The first-order chi connectivity index (χ1) is 22.2. The first-order valence-electron chi connectivity index (χ1n) is 15.3. The monoisotopic (exact) mass is 672 g/mol. The summed E-state index contributed by atoms with van der Waals surface area (Å²) in [5.41, 5.74) is 5.21. The van der Waals surface area contributed by atoms with E-state index in [2.05, 4.69) is 43.6 Å². The summed E-state index contributed by atoms with van der Waals surface area (Å²) in [7, 11) is -4.67. The third-order valence-corrected chi connectivity index (χ3v) is 8.70. The minimum atomic E-state index is -4.67. The average Bonchev–Trinajstić information content (AvgIpc) is 3.47. The zero-order valence-electron chi connectivity index (χ0n) is 27.7. The maximum Gasteiger partial charge on any atom is 1.00 e. The Labute approximate surface area is 303 Å². The number of rotatable bonds is 10. The van der Waals surface area contributed by atoms with Crippen LogP contribution in [0.2, 0.25) is 0 Å². The van der Waals surface area contributed by atoms with Gasteiger partial charge in [0, 0.05) is 22.2 Å². The molecule has 0 aliphatic rings. The minimum Gasteiger partial charge on any atom is -0.746 e. The second kappa shape index (κ2) is 15.5. The van der Waals surface area contributed by atoms with Gasteiger partial charge in [0.25, 0.3) is 5.91 Å². The summed E-state index contributed by atoms with van der Waals surface area (Å²) >= 11 is 0. The maximum atomic E-state index is 13.8. The standard InChI is InChI=1S/C38H38N2O6S.Na/c1-25(47(43,44)45)39-36(41)30-15-11-27(12-16-30)23-33(28-13-9-26(10-14-28)21-22-38(2,3)4)37(42)40-32-19-17-29(18-20-32)35-24-31-7-5-6-8-34(31)46-35;/h5-22,24-25,33H,23H2,1-4H3,(H,39,41)(H,40,42)(H,43,44,45);/q;+1/p-1. The fourth-order valence-electron chi connectivity index (χ4n) is 4.99. The van der Waals surface area contributed by atoms with Crippen LogP contribution in [0.3, 0.4) is 0 Å². The second-order valence-electron chi connectivity index (χ2n) is 12.6. The largest absolute Gasteiger partial charge is 1.00 e. The van der Waals surface area contributed by atoms with Gasteiger partial charge in [-0.2, -0.15) is 0 Å². The Bertz CT molecular complexity index is 1980. The number of carbonyl (C=O) groups is 2. The Kier molecular flexibility index (Phi) is 11.9. The molecule has 0 fully saturated rings. The van der Waals surface area contributed by atoms with Crippen molar-refractivity contribution in [2.24, 2.45) is 5.41 Å². The molecule has 0 saturated heterocycles. The molecule has 48 heavy (non-hydrogen) atoms. The molecule has 0 aliphatic carbocycles. The molecule has 0 spiro atoms. The Morgan fingerprint density at radius 1 is 0.896 bits per heavy atom. The molecule has 4 aromatic carbocycles. The van der Waals surface area contributed by atoms with Gasteiger partial charge in [-0.3, -0.25) is 9.59 Å². The van der Waals surface area contributed by atoms with Gasteiger partial charge >= 0.3 is 29.6 Å². The van der Waals surface area contributed by atoms with Gasteiger partial charge in [-0.15, -0.1) is 0 Å². The molecule has 5 aromatic rings. The topological polar surface area (TPSA) is 129 Å². The Balaban J connectivity index is 0.00000520. The molecule has 0 radical (unpaired) electrons. The van der Waals surface area contributed by atoms with Gasteiger partial charge in [0.05, 0.1) is 5.92 Å². The van der Waals surface area contributed by atoms with E-state index in [1.807, 2.05) is 78.9 Å². The van der Waals surface area contributed by atoms with E-state index in [9.17, 15) is 22.6 Å². The summed E-state index contributed by atoms with van der Waals surface area (Å²) in [4.78, 5) is 26.3. The van der Waals surface area contributed by atoms with E-state index in [1.54, 1.807) is 24.3 Å². The van der Waals surface area contributed by atoms with Gasteiger partial charge in [0.1, 0.15) is 26.8 Å². The van der Waals surface area contributed by atoms with Crippen molar-refractivity contribution < 1.29 is 56.5 Å². The summed E-state index contributed by atoms with van der Waals surface area (Å²) in [5.74, 6) is -0.696. The van der Waals surface area contributed by atoms with Crippen molar-refractivity contribution in [2.45, 2.75) is 45.4 Å². The molecule has 1 heterocycles. The fourth-order valence-corrected chi connectivity index (χ4v) is 5.24. The molecule has 10 heteroatoms. The van der Waals surface area contributed by atoms with Crippen molar-refractivity contribution in [3.63, 3.8) is 0 Å². The van der Waals surface area contributed by atoms with E-state index in [0.29, 0.717) is 12.1 Å². The summed E-state index contributed by atoms with van der Waals surface area (Å²) < 4.78 is 39.6. The Morgan fingerprint density at radius 3 is 2.15 bits per heavy atom. The number of hydrogen-bond donors (Lipinski definition) is 2. The Morgan fingerprint density at radius 2 is 1.54 bits per heavy atom. The van der Waals surface area contributed by atoms with Crippen LogP contribution in [-0.2, 0) is 21.3 Å². The van der Waals surface area contributed by atoms with Crippen LogP contribution in [0, 0.1) is 5.41 Å². The SMILES string of the molecule is CC(NC(=O)c1ccc(CC(C(=O)Nc2ccc(-c3cc4ccccc4o3)cc2)c2ccc(C=CC(C)(C)C)cc2)cc1)S(=O)(=O)[O-].[Na+]. The van der Waals surface area contributed by atoms with E-state index < -0.39 is 27.3 Å². The quantitative estimate of drug-likeness (QED) is 0.163. The third-order valence-electron chi connectivity index (χ3n) is 7.72. The number of para-hydroxylation sites is 1. The van der Waals surface area contributed by atoms with Crippen molar-refractivity contribution in [3.05, 3.63) is 131 Å². The van der Waals surface area contributed by atoms with Crippen LogP contribution >= 0.6 is 0 Å². The zero-order chi connectivity index (χ0) is 33.8. The number of anilines is 1. The second-order valence-corrected chi connectivity index (χ2v) is 14.3. The third kappa shape index (κ3) is 9.78. The molecule has 2 amide bonds. The van der Waals surface area contributed by atoms with E-state index in [-0.39, 0.29) is 46.4 Å². The number of allylic oxidation sites excluding steroid dienone is 1. The van der Waals surface area contributed by atoms with Gasteiger partial charge in [-0.1, -0.05) is 87.5 Å². The van der Waals surface area contributed by atoms with Crippen molar-refractivity contribution in [3.8, 4) is 11.3 Å². The van der Waals surface area contributed by atoms with Crippen LogP contribution in [-0.4, -0.2) is 30.2 Å². The summed E-state index contributed by atoms with van der Waals surface area (Å²) in [6.07, 6.45) is 4.53. The van der Waals surface area contributed by atoms with E-state index in [4.69, 9.17) is 4.42 Å². The molecule has 2 unspecified atom stereocenters. The molecule has 2 atom stereocenters. The van der Waals surface area contributed by atoms with Gasteiger partial charge in [-0.25, -0.2) is 8.42 Å². The van der Waals surface area contributed by atoms with E-state index in [1.165, 1.54) is 0 Å². The number of furan rings is 1. The first kappa shape index (κ1) is 36.8. The van der Waals surface area contributed by atoms with Gasteiger partial charge in [0.15, 0.2) is 0 Å². The van der Waals surface area contributed by atoms with E-state index in [0.717, 1.165) is 45.9 Å². The van der Waals surface area contributed by atoms with Crippen molar-refractivity contribution in [2.75, 3.05) is 5.32 Å². The maximum absolute atomic E-state index is 13.8. The average molecular weight is 673 g/mol. The molecule has 8 nitrogen and oxygen atoms in total. The number of amides is 2. The number of fused-ring (bicyclic) bond motifs is 1. The number of nitrogens with one attached hydrogen (secondary N) is 2. The van der Waals surface area contributed by atoms with Crippen LogP contribution in [0.4, 0.5) is 5.69 Å². The van der Waals surface area contributed by atoms with Gasteiger partial charge in [0.2, 0.25) is 5.91 Å². The van der Waals surface area contributed by atoms with Crippen LogP contribution in [0.25, 0.3) is 28.4 Å². The van der Waals surface area contributed by atoms with Crippen molar-refractivity contribution >= 4 is 44.7 Å². The van der Waals surface area contributed by atoms with Crippen LogP contribution in [0.15, 0.2) is 114 Å². The summed E-state index contributed by atoms with van der Waals surface area (Å²) in [6.45, 7) is 7.50. The normalized spacial score (nSPS) is 13.1. The predicted octanol–water partition coefficient (Wildman–Crippen LogP) is 4.75. The zero-order valence-corrected chi connectivity index (χ0v) is 30.5. The van der Waals surface area contributed by atoms with Crippen molar-refractivity contribution in [1.82, 2.24) is 5.32 Å². The summed E-state index contributed by atoms with van der Waals surface area (Å²) in [5, 5.41) is 4.71. The molecule has 0 aliphatic heterocycles. The Hall–Kier alpha value is -3.99. The minimum absolute atomic E-state index is 0. The molecule has 242 valence electrons. The van der Waals surface area contributed by atoms with Gasteiger partial charge in [-0.05, 0) is 84.0 Å². The molecule has 5 rings (SSSR count). The molecular formula is C38H37N2NaO6S. The van der Waals surface area contributed by atoms with Crippen LogP contribution in [0.1, 0.15) is 60.7 Å². The number of hydrogen-bond acceptors (Lipinski definition) is 6. The first-order valence-corrected chi connectivity index (χ1v) is 16.8. The predicted molar refractivity (Wildman–Crippen MR) is 185 cm³/mol. The number of benzene rings is 4. The molecule has 2 N–H and O–H groups in total. The fraction of sp³-hybridized carbons (Fsp3) is 0.211. The smallest absolute Gasteiger partial charge is 0.746 e. The molecule has 0 saturated carbocycles. The molecule has 0 bridgehead atoms. The van der Waals surface area contributed by atoms with Crippen LogP contribution < -0.4 is 40.2 Å². The molecular weight excluding hydrogens is 635 g/mol. The van der Waals surface area contributed by atoms with Gasteiger partial charge < -0.3 is 19.6 Å². The van der Waals surface area contributed by atoms with E-state index >= 15 is 0 Å². The summed E-state index contributed by atoms with van der Waals surface area (Å²) in [6, 6.07) is 31.7. The van der Waals surface area contributed by atoms with Crippen LogP contribution in [0.5, 0.6) is 0 Å². The van der Waals surface area contributed by atoms with Crippen molar-refractivity contribution in [1.29, 1.82) is 0 Å². The number of carbonyl (C=O) groups excluding carboxylic acids is 2.